The molecule has 1 heterocycles. The lowest BCUT2D eigenvalue weighted by atomic mass is 9.98. The van der Waals surface area contributed by atoms with E-state index in [1.54, 1.807) is 0 Å². The van der Waals surface area contributed by atoms with Gasteiger partial charge in [0.2, 0.25) is 0 Å². The second kappa shape index (κ2) is 6.78. The van der Waals surface area contributed by atoms with Gasteiger partial charge in [-0.15, -0.1) is 0 Å². The highest BCUT2D eigenvalue weighted by molar-refractivity contribution is 6.00. The molecular formula is C20H24N2. The Kier molecular flexibility index (Phi) is 4.57. The van der Waals surface area contributed by atoms with Crippen LogP contribution in [-0.2, 0) is 6.42 Å². The number of hydrogen-bond acceptors (Lipinski definition) is 2. The smallest absolute Gasteiger partial charge is 0.128 e. The highest BCUT2D eigenvalue weighted by atomic mass is 15.1. The van der Waals surface area contributed by atoms with Crippen molar-refractivity contribution in [2.75, 3.05) is 6.54 Å². The minimum atomic E-state index is 0.302. The van der Waals surface area contributed by atoms with Gasteiger partial charge in [-0.05, 0) is 23.5 Å². The molecule has 0 saturated heterocycles. The molecule has 0 bridgehead atoms. The topological polar surface area (TPSA) is 24.4 Å². The quantitative estimate of drug-likeness (QED) is 0.869. The Morgan fingerprint density at radius 1 is 1.09 bits per heavy atom. The van der Waals surface area contributed by atoms with E-state index in [0.717, 1.165) is 24.7 Å². The molecular weight excluding hydrogens is 268 g/mol. The largest absolute Gasteiger partial charge is 0.361 e. The molecule has 0 spiro atoms. The molecule has 1 aliphatic rings. The van der Waals surface area contributed by atoms with Crippen LogP contribution in [0.25, 0.3) is 0 Å². The third kappa shape index (κ3) is 3.38. The Hall–Kier alpha value is -2.09. The van der Waals surface area contributed by atoms with Crippen molar-refractivity contribution in [2.45, 2.75) is 32.7 Å². The van der Waals surface area contributed by atoms with Crippen molar-refractivity contribution in [1.82, 2.24) is 5.32 Å². The molecule has 2 aromatic rings. The second-order valence-electron chi connectivity index (χ2n) is 6.21. The summed E-state index contributed by atoms with van der Waals surface area (Å²) in [6, 6.07) is 19.7. The molecule has 2 atom stereocenters. The number of nitrogens with zero attached hydrogens (tertiary/aromatic N) is 1. The van der Waals surface area contributed by atoms with Crippen LogP contribution in [0.5, 0.6) is 0 Å². The van der Waals surface area contributed by atoms with E-state index in [9.17, 15) is 0 Å². The lowest BCUT2D eigenvalue weighted by molar-refractivity contribution is 0.560. The molecule has 114 valence electrons. The van der Waals surface area contributed by atoms with E-state index < -0.39 is 0 Å². The first-order valence-corrected chi connectivity index (χ1v) is 8.21. The fourth-order valence-corrected chi connectivity index (χ4v) is 2.83. The van der Waals surface area contributed by atoms with Gasteiger partial charge in [0.1, 0.15) is 5.84 Å². The van der Waals surface area contributed by atoms with Crippen LogP contribution in [0.4, 0.5) is 0 Å². The Bertz CT molecular complexity index is 629. The Labute approximate surface area is 133 Å². The van der Waals surface area contributed by atoms with Gasteiger partial charge in [-0.2, -0.15) is 0 Å². The number of rotatable bonds is 5. The third-order valence-electron chi connectivity index (χ3n) is 4.45. The van der Waals surface area contributed by atoms with Gasteiger partial charge in [-0.3, -0.25) is 4.99 Å². The van der Waals surface area contributed by atoms with E-state index in [-0.39, 0.29) is 0 Å². The normalized spacial score (nSPS) is 18.6. The SMILES string of the molecule is CCC(C)Cc1ccc(C2=NCC(c3ccccc3)N2)cc1. The highest BCUT2D eigenvalue weighted by Crippen LogP contribution is 2.20. The number of hydrogen-bond donors (Lipinski definition) is 1. The zero-order valence-corrected chi connectivity index (χ0v) is 13.4. The first kappa shape index (κ1) is 14.8. The average molecular weight is 292 g/mol. The predicted octanol–water partition coefficient (Wildman–Crippen LogP) is 4.37. The van der Waals surface area contributed by atoms with Crippen molar-refractivity contribution in [3.8, 4) is 0 Å². The summed E-state index contributed by atoms with van der Waals surface area (Å²) >= 11 is 0. The Morgan fingerprint density at radius 3 is 2.50 bits per heavy atom. The molecule has 0 radical (unpaired) electrons. The summed E-state index contributed by atoms with van der Waals surface area (Å²) in [6.07, 6.45) is 2.39. The fraction of sp³-hybridized carbons (Fsp3) is 0.350. The van der Waals surface area contributed by atoms with E-state index >= 15 is 0 Å². The molecule has 2 nitrogen and oxygen atoms in total. The maximum Gasteiger partial charge on any atom is 0.128 e. The van der Waals surface area contributed by atoms with Gasteiger partial charge in [0.15, 0.2) is 0 Å². The predicted molar refractivity (Wildman–Crippen MR) is 93.3 cm³/mol. The molecule has 22 heavy (non-hydrogen) atoms. The van der Waals surface area contributed by atoms with Crippen LogP contribution in [0, 0.1) is 5.92 Å². The molecule has 0 amide bonds. The van der Waals surface area contributed by atoms with E-state index in [2.05, 4.69) is 78.8 Å². The highest BCUT2D eigenvalue weighted by Gasteiger charge is 2.19. The van der Waals surface area contributed by atoms with Crippen molar-refractivity contribution in [1.29, 1.82) is 0 Å². The summed E-state index contributed by atoms with van der Waals surface area (Å²) < 4.78 is 0. The van der Waals surface area contributed by atoms with Gasteiger partial charge in [-0.25, -0.2) is 0 Å². The van der Waals surface area contributed by atoms with E-state index in [0.29, 0.717) is 6.04 Å². The molecule has 0 aromatic heterocycles. The number of benzene rings is 2. The van der Waals surface area contributed by atoms with Crippen LogP contribution in [0.3, 0.4) is 0 Å². The molecule has 0 aliphatic carbocycles. The van der Waals surface area contributed by atoms with Crippen LogP contribution in [0.2, 0.25) is 0 Å². The average Bonchev–Trinajstić information content (AvgIpc) is 3.06. The molecule has 0 fully saturated rings. The number of nitrogens with one attached hydrogen (secondary N) is 1. The van der Waals surface area contributed by atoms with E-state index in [1.165, 1.54) is 23.1 Å². The molecule has 0 saturated carbocycles. The zero-order chi connectivity index (χ0) is 15.4. The molecule has 2 unspecified atom stereocenters. The summed E-state index contributed by atoms with van der Waals surface area (Å²) in [5, 5.41) is 3.54. The van der Waals surface area contributed by atoms with E-state index in [1.807, 2.05) is 0 Å². The van der Waals surface area contributed by atoms with Gasteiger partial charge < -0.3 is 5.32 Å². The Balaban J connectivity index is 1.66. The van der Waals surface area contributed by atoms with Gasteiger partial charge in [-0.1, -0.05) is 74.9 Å². The van der Waals surface area contributed by atoms with Crippen LogP contribution < -0.4 is 5.32 Å². The molecule has 2 aromatic carbocycles. The third-order valence-corrected chi connectivity index (χ3v) is 4.45. The van der Waals surface area contributed by atoms with Crippen LogP contribution in [-0.4, -0.2) is 12.4 Å². The minimum absolute atomic E-state index is 0.302. The molecule has 1 aliphatic heterocycles. The van der Waals surface area contributed by atoms with Crippen molar-refractivity contribution < 1.29 is 0 Å². The van der Waals surface area contributed by atoms with Crippen molar-refractivity contribution in [2.24, 2.45) is 10.9 Å². The Morgan fingerprint density at radius 2 is 1.82 bits per heavy atom. The summed E-state index contributed by atoms with van der Waals surface area (Å²) in [4.78, 5) is 4.68. The summed E-state index contributed by atoms with van der Waals surface area (Å²) in [7, 11) is 0. The lowest BCUT2D eigenvalue weighted by Gasteiger charge is -2.13. The maximum absolute atomic E-state index is 4.68. The monoisotopic (exact) mass is 292 g/mol. The van der Waals surface area contributed by atoms with Crippen LogP contribution in [0.15, 0.2) is 59.6 Å². The molecule has 1 N–H and O–H groups in total. The zero-order valence-electron chi connectivity index (χ0n) is 13.4. The van der Waals surface area contributed by atoms with Crippen LogP contribution >= 0.6 is 0 Å². The van der Waals surface area contributed by atoms with Crippen LogP contribution in [0.1, 0.15) is 43.0 Å². The number of amidine groups is 1. The second-order valence-corrected chi connectivity index (χ2v) is 6.21. The summed E-state index contributed by atoms with van der Waals surface area (Å²) in [5.74, 6) is 1.76. The van der Waals surface area contributed by atoms with E-state index in [4.69, 9.17) is 0 Å². The van der Waals surface area contributed by atoms with Gasteiger partial charge in [0, 0.05) is 5.56 Å². The fourth-order valence-electron chi connectivity index (χ4n) is 2.83. The van der Waals surface area contributed by atoms with Crippen molar-refractivity contribution >= 4 is 5.84 Å². The van der Waals surface area contributed by atoms with Gasteiger partial charge >= 0.3 is 0 Å². The van der Waals surface area contributed by atoms with Gasteiger partial charge in [0.05, 0.1) is 12.6 Å². The van der Waals surface area contributed by atoms with Gasteiger partial charge in [0.25, 0.3) is 0 Å². The molecule has 2 heteroatoms. The first-order chi connectivity index (χ1) is 10.8. The number of aliphatic imine (C=N–C) groups is 1. The summed E-state index contributed by atoms with van der Waals surface area (Å²) in [6.45, 7) is 5.37. The minimum Gasteiger partial charge on any atom is -0.361 e. The van der Waals surface area contributed by atoms with Crippen molar-refractivity contribution in [3.63, 3.8) is 0 Å². The molecule has 3 rings (SSSR count). The first-order valence-electron chi connectivity index (χ1n) is 8.21. The standard InChI is InChI=1S/C20H24N2/c1-3-15(2)13-16-9-11-18(12-10-16)20-21-14-19(22-20)17-7-5-4-6-8-17/h4-12,15,19H,3,13-14H2,1-2H3,(H,21,22). The maximum atomic E-state index is 4.68. The van der Waals surface area contributed by atoms with Crippen molar-refractivity contribution in [3.05, 3.63) is 71.3 Å². The summed E-state index contributed by atoms with van der Waals surface area (Å²) in [5.41, 5.74) is 3.90. The lowest BCUT2D eigenvalue weighted by Crippen LogP contribution is -2.23.